The van der Waals surface area contributed by atoms with Crippen LogP contribution in [-0.2, 0) is 11.3 Å². The number of carbonyl (C=O) groups is 3. The maximum absolute atomic E-state index is 13.1. The normalized spacial score (nSPS) is 15.5. The van der Waals surface area contributed by atoms with Gasteiger partial charge in [0.15, 0.2) is 0 Å². The van der Waals surface area contributed by atoms with E-state index in [0.717, 1.165) is 30.0 Å². The van der Waals surface area contributed by atoms with Crippen LogP contribution in [0, 0.1) is 0 Å². The fourth-order valence-electron chi connectivity index (χ4n) is 4.03. The van der Waals surface area contributed by atoms with Crippen molar-refractivity contribution < 1.29 is 19.1 Å². The fraction of sp³-hybridized carbons (Fsp3) is 0.348. The van der Waals surface area contributed by atoms with Crippen molar-refractivity contribution in [2.45, 2.75) is 25.8 Å². The van der Waals surface area contributed by atoms with E-state index in [1.54, 1.807) is 24.1 Å². The Kier molecular flexibility index (Phi) is 5.70. The van der Waals surface area contributed by atoms with Crippen LogP contribution in [0.4, 0.5) is 5.69 Å². The molecule has 2 aromatic rings. The number of amides is 3. The Morgan fingerprint density at radius 2 is 1.93 bits per heavy atom. The van der Waals surface area contributed by atoms with Crippen molar-refractivity contribution in [1.29, 1.82) is 0 Å². The lowest BCUT2D eigenvalue weighted by atomic mass is 10.0. The monoisotopic (exact) mass is 407 g/mol. The molecule has 0 radical (unpaired) electrons. The predicted molar refractivity (Wildman–Crippen MR) is 113 cm³/mol. The number of anilines is 1. The number of benzene rings is 2. The SMILES string of the molecule is COc1ccc(N2Cc3cccc(C(=O)NCCCN4CCCC4=O)c3C2=O)cc1. The maximum Gasteiger partial charge on any atom is 0.259 e. The number of nitrogens with one attached hydrogen (secondary N) is 1. The summed E-state index contributed by atoms with van der Waals surface area (Å²) in [5.74, 6) is 0.471. The molecule has 0 spiro atoms. The summed E-state index contributed by atoms with van der Waals surface area (Å²) in [7, 11) is 1.60. The molecule has 0 aliphatic carbocycles. The average molecular weight is 407 g/mol. The van der Waals surface area contributed by atoms with E-state index in [1.807, 2.05) is 35.2 Å². The molecule has 0 atom stereocenters. The molecule has 7 heteroatoms. The van der Waals surface area contributed by atoms with Gasteiger partial charge in [0.2, 0.25) is 5.91 Å². The Morgan fingerprint density at radius 1 is 1.13 bits per heavy atom. The van der Waals surface area contributed by atoms with Crippen molar-refractivity contribution in [1.82, 2.24) is 10.2 Å². The number of nitrogens with zero attached hydrogens (tertiary/aromatic N) is 2. The highest BCUT2D eigenvalue weighted by atomic mass is 16.5. The van der Waals surface area contributed by atoms with Crippen LogP contribution in [0.25, 0.3) is 0 Å². The Labute approximate surface area is 175 Å². The van der Waals surface area contributed by atoms with Gasteiger partial charge in [-0.2, -0.15) is 0 Å². The minimum atomic E-state index is -0.260. The first kappa shape index (κ1) is 19.9. The zero-order valence-electron chi connectivity index (χ0n) is 17.0. The molecule has 2 aliphatic rings. The molecule has 1 saturated heterocycles. The van der Waals surface area contributed by atoms with Crippen molar-refractivity contribution in [3.63, 3.8) is 0 Å². The van der Waals surface area contributed by atoms with Gasteiger partial charge in [-0.25, -0.2) is 0 Å². The number of rotatable bonds is 7. The van der Waals surface area contributed by atoms with E-state index in [1.165, 1.54) is 0 Å². The van der Waals surface area contributed by atoms with Crippen LogP contribution in [0.3, 0.4) is 0 Å². The molecule has 0 saturated carbocycles. The van der Waals surface area contributed by atoms with E-state index in [-0.39, 0.29) is 17.7 Å². The van der Waals surface area contributed by atoms with Gasteiger partial charge in [0.05, 0.1) is 24.8 Å². The van der Waals surface area contributed by atoms with E-state index in [0.29, 0.717) is 43.6 Å². The molecule has 0 aromatic heterocycles. The van der Waals surface area contributed by atoms with Gasteiger partial charge >= 0.3 is 0 Å². The Morgan fingerprint density at radius 3 is 2.63 bits per heavy atom. The van der Waals surface area contributed by atoms with Gasteiger partial charge in [-0.15, -0.1) is 0 Å². The lowest BCUT2D eigenvalue weighted by molar-refractivity contribution is -0.127. The molecule has 4 rings (SSSR count). The lowest BCUT2D eigenvalue weighted by Crippen LogP contribution is -2.31. The minimum absolute atomic E-state index is 0.177. The molecule has 0 bridgehead atoms. The van der Waals surface area contributed by atoms with Crippen LogP contribution in [0.15, 0.2) is 42.5 Å². The highest BCUT2D eigenvalue weighted by Crippen LogP contribution is 2.31. The lowest BCUT2D eigenvalue weighted by Gasteiger charge is -2.16. The van der Waals surface area contributed by atoms with Crippen molar-refractivity contribution in [3.05, 3.63) is 59.2 Å². The first-order valence-corrected chi connectivity index (χ1v) is 10.2. The zero-order valence-corrected chi connectivity index (χ0v) is 17.0. The molecular weight excluding hydrogens is 382 g/mol. The molecule has 3 amide bonds. The van der Waals surface area contributed by atoms with Gasteiger partial charge in [-0.3, -0.25) is 14.4 Å². The van der Waals surface area contributed by atoms with Crippen LogP contribution in [0.5, 0.6) is 5.75 Å². The third kappa shape index (κ3) is 3.87. The third-order valence-corrected chi connectivity index (χ3v) is 5.63. The zero-order chi connectivity index (χ0) is 21.1. The quantitative estimate of drug-likeness (QED) is 0.716. The molecule has 7 nitrogen and oxygen atoms in total. The van der Waals surface area contributed by atoms with E-state index < -0.39 is 0 Å². The van der Waals surface area contributed by atoms with Gasteiger partial charge in [-0.05, 0) is 48.7 Å². The second-order valence-corrected chi connectivity index (χ2v) is 7.52. The average Bonchev–Trinajstić information content (AvgIpc) is 3.34. The van der Waals surface area contributed by atoms with Crippen molar-refractivity contribution in [3.8, 4) is 5.75 Å². The van der Waals surface area contributed by atoms with Gasteiger partial charge in [0, 0.05) is 31.7 Å². The minimum Gasteiger partial charge on any atom is -0.497 e. The first-order chi connectivity index (χ1) is 14.6. The number of carbonyl (C=O) groups excluding carboxylic acids is 3. The highest BCUT2D eigenvalue weighted by Gasteiger charge is 2.32. The van der Waals surface area contributed by atoms with E-state index >= 15 is 0 Å². The molecule has 2 aliphatic heterocycles. The molecule has 1 N–H and O–H groups in total. The molecule has 0 unspecified atom stereocenters. The van der Waals surface area contributed by atoms with E-state index in [9.17, 15) is 14.4 Å². The molecular formula is C23H25N3O4. The summed E-state index contributed by atoms with van der Waals surface area (Å²) < 4.78 is 5.18. The van der Waals surface area contributed by atoms with Crippen LogP contribution in [-0.4, -0.2) is 49.4 Å². The number of methoxy groups -OCH3 is 1. The Hall–Kier alpha value is -3.35. The van der Waals surface area contributed by atoms with Gasteiger partial charge in [-0.1, -0.05) is 12.1 Å². The van der Waals surface area contributed by atoms with Gasteiger partial charge < -0.3 is 19.9 Å². The summed E-state index contributed by atoms with van der Waals surface area (Å²) in [4.78, 5) is 41.0. The molecule has 1 fully saturated rings. The maximum atomic E-state index is 13.1. The van der Waals surface area contributed by atoms with Crippen LogP contribution in [0.1, 0.15) is 45.5 Å². The second-order valence-electron chi connectivity index (χ2n) is 7.52. The molecule has 2 heterocycles. The van der Waals surface area contributed by atoms with Crippen LogP contribution < -0.4 is 15.0 Å². The number of fused-ring (bicyclic) bond motifs is 1. The smallest absolute Gasteiger partial charge is 0.259 e. The number of hydrogen-bond donors (Lipinski definition) is 1. The second kappa shape index (κ2) is 8.57. The Bertz CT molecular complexity index is 971. The van der Waals surface area contributed by atoms with Gasteiger partial charge in [0.25, 0.3) is 11.8 Å². The number of ether oxygens (including phenoxy) is 1. The summed E-state index contributed by atoms with van der Waals surface area (Å²) in [5, 5.41) is 2.89. The van der Waals surface area contributed by atoms with E-state index in [4.69, 9.17) is 4.74 Å². The first-order valence-electron chi connectivity index (χ1n) is 10.2. The fourth-order valence-corrected chi connectivity index (χ4v) is 4.03. The standard InChI is InChI=1S/C23H25N3O4/c1-30-18-10-8-17(9-11-18)26-15-16-5-2-6-19(21(16)23(26)29)22(28)24-12-4-14-25-13-3-7-20(25)27/h2,5-6,8-11H,3-4,7,12-15H2,1H3,(H,24,28). The topological polar surface area (TPSA) is 79.0 Å². The molecule has 2 aromatic carbocycles. The number of likely N-dealkylation sites (tertiary alicyclic amines) is 1. The van der Waals surface area contributed by atoms with Crippen molar-refractivity contribution >= 4 is 23.4 Å². The number of hydrogen-bond acceptors (Lipinski definition) is 4. The van der Waals surface area contributed by atoms with Crippen LogP contribution >= 0.6 is 0 Å². The summed E-state index contributed by atoms with van der Waals surface area (Å²) in [6.07, 6.45) is 2.22. The predicted octanol–water partition coefficient (Wildman–Crippen LogP) is 2.60. The van der Waals surface area contributed by atoms with E-state index in [2.05, 4.69) is 5.32 Å². The summed E-state index contributed by atoms with van der Waals surface area (Å²) in [6.45, 7) is 2.34. The highest BCUT2D eigenvalue weighted by molar-refractivity contribution is 6.16. The molecule has 156 valence electrons. The molecule has 30 heavy (non-hydrogen) atoms. The summed E-state index contributed by atoms with van der Waals surface area (Å²) >= 11 is 0. The van der Waals surface area contributed by atoms with Crippen molar-refractivity contribution in [2.24, 2.45) is 0 Å². The summed E-state index contributed by atoms with van der Waals surface area (Å²) in [5.41, 5.74) is 2.45. The van der Waals surface area contributed by atoms with Crippen LogP contribution in [0.2, 0.25) is 0 Å². The summed E-state index contributed by atoms with van der Waals surface area (Å²) in [6, 6.07) is 12.7. The Balaban J connectivity index is 1.42. The largest absolute Gasteiger partial charge is 0.497 e. The van der Waals surface area contributed by atoms with Crippen molar-refractivity contribution in [2.75, 3.05) is 31.6 Å². The third-order valence-electron chi connectivity index (χ3n) is 5.63. The van der Waals surface area contributed by atoms with Gasteiger partial charge in [0.1, 0.15) is 5.75 Å².